The van der Waals surface area contributed by atoms with Gasteiger partial charge in [0.15, 0.2) is 0 Å². The number of aryl methyl sites for hydroxylation is 1. The Hall–Kier alpha value is -2.18. The van der Waals surface area contributed by atoms with Crippen LogP contribution in [0.25, 0.3) is 0 Å². The Balaban J connectivity index is 2.39. The van der Waals surface area contributed by atoms with Crippen molar-refractivity contribution in [3.8, 4) is 11.8 Å². The Morgan fingerprint density at radius 1 is 1.16 bits per heavy atom. The average molecular weight is 273 g/mol. The molecule has 3 nitrogen and oxygen atoms in total. The van der Waals surface area contributed by atoms with Gasteiger partial charge in [0.1, 0.15) is 11.8 Å². The number of methoxy groups -OCH3 is 1. The molecule has 0 spiro atoms. The van der Waals surface area contributed by atoms with Crippen LogP contribution in [-0.4, -0.2) is 7.11 Å². The fourth-order valence-corrected chi connectivity index (χ4v) is 1.90. The molecule has 0 aliphatic carbocycles. The molecule has 1 N–H and O–H groups in total. The molecule has 2 rings (SSSR count). The zero-order valence-electron chi connectivity index (χ0n) is 10.7. The summed E-state index contributed by atoms with van der Waals surface area (Å²) in [5.41, 5.74) is 3.06. The Labute approximate surface area is 117 Å². The molecule has 0 aromatic heterocycles. The maximum atomic E-state index is 9.14. The first-order valence-electron chi connectivity index (χ1n) is 5.75. The molecule has 0 saturated heterocycles. The summed E-state index contributed by atoms with van der Waals surface area (Å²) in [6.45, 7) is 1.95. The first-order valence-corrected chi connectivity index (χ1v) is 6.13. The zero-order valence-corrected chi connectivity index (χ0v) is 11.5. The first-order chi connectivity index (χ1) is 9.13. The Morgan fingerprint density at radius 3 is 2.63 bits per heavy atom. The molecule has 0 heterocycles. The topological polar surface area (TPSA) is 45.0 Å². The number of hydrogen-bond donors (Lipinski definition) is 1. The van der Waals surface area contributed by atoms with Crippen LogP contribution in [0.1, 0.15) is 11.1 Å². The first kappa shape index (κ1) is 13.3. The van der Waals surface area contributed by atoms with E-state index in [1.807, 2.05) is 25.1 Å². The van der Waals surface area contributed by atoms with Crippen LogP contribution in [-0.2, 0) is 0 Å². The molecule has 0 fully saturated rings. The number of halogens is 1. The van der Waals surface area contributed by atoms with Crippen LogP contribution in [0, 0.1) is 18.3 Å². The summed E-state index contributed by atoms with van der Waals surface area (Å²) in [4.78, 5) is 0. The van der Waals surface area contributed by atoms with Crippen LogP contribution in [0.2, 0.25) is 5.02 Å². The number of nitrogens with zero attached hydrogens (tertiary/aromatic N) is 1. The van der Waals surface area contributed by atoms with Crippen molar-refractivity contribution in [1.29, 1.82) is 5.26 Å². The molecule has 0 aliphatic heterocycles. The van der Waals surface area contributed by atoms with Crippen molar-refractivity contribution >= 4 is 23.0 Å². The van der Waals surface area contributed by atoms with Crippen molar-refractivity contribution in [2.75, 3.05) is 12.4 Å². The van der Waals surface area contributed by atoms with E-state index in [0.29, 0.717) is 22.0 Å². The molecule has 19 heavy (non-hydrogen) atoms. The summed E-state index contributed by atoms with van der Waals surface area (Å²) < 4.78 is 5.16. The Bertz CT molecular complexity index is 647. The third-order valence-corrected chi connectivity index (χ3v) is 3.07. The molecule has 0 bridgehead atoms. The molecule has 0 saturated carbocycles. The lowest BCUT2D eigenvalue weighted by molar-refractivity contribution is 0.415. The van der Waals surface area contributed by atoms with E-state index in [4.69, 9.17) is 21.6 Å². The summed E-state index contributed by atoms with van der Waals surface area (Å²) in [5.74, 6) is 0.706. The van der Waals surface area contributed by atoms with Crippen molar-refractivity contribution in [3.05, 3.63) is 52.5 Å². The molecule has 96 valence electrons. The molecule has 4 heteroatoms. The molecule has 0 amide bonds. The van der Waals surface area contributed by atoms with Crippen LogP contribution in [0.5, 0.6) is 5.75 Å². The number of rotatable bonds is 3. The van der Waals surface area contributed by atoms with Gasteiger partial charge in [-0.15, -0.1) is 0 Å². The standard InChI is InChI=1S/C15H13ClN2O/c1-10-3-6-14(11(7-10)9-17)18-15-8-12(19-2)4-5-13(15)16/h3-8,18H,1-2H3. The van der Waals surface area contributed by atoms with Gasteiger partial charge in [0.2, 0.25) is 0 Å². The van der Waals surface area contributed by atoms with Gasteiger partial charge >= 0.3 is 0 Å². The third kappa shape index (κ3) is 2.98. The van der Waals surface area contributed by atoms with Crippen LogP contribution >= 0.6 is 11.6 Å². The van der Waals surface area contributed by atoms with Crippen LogP contribution in [0.15, 0.2) is 36.4 Å². The van der Waals surface area contributed by atoms with Crippen molar-refractivity contribution in [2.45, 2.75) is 6.92 Å². The highest BCUT2D eigenvalue weighted by atomic mass is 35.5. The highest BCUT2D eigenvalue weighted by Crippen LogP contribution is 2.30. The highest BCUT2D eigenvalue weighted by Gasteiger charge is 2.06. The molecule has 0 aliphatic rings. The fraction of sp³-hybridized carbons (Fsp3) is 0.133. The van der Waals surface area contributed by atoms with E-state index in [-0.39, 0.29) is 0 Å². The van der Waals surface area contributed by atoms with E-state index in [2.05, 4.69) is 11.4 Å². The molecule has 0 unspecified atom stereocenters. The van der Waals surface area contributed by atoms with Crippen molar-refractivity contribution in [2.24, 2.45) is 0 Å². The van der Waals surface area contributed by atoms with Gasteiger partial charge < -0.3 is 10.1 Å². The maximum Gasteiger partial charge on any atom is 0.121 e. The second-order valence-electron chi connectivity index (χ2n) is 4.13. The summed E-state index contributed by atoms with van der Waals surface area (Å²) in [7, 11) is 1.60. The molecule has 2 aromatic carbocycles. The minimum Gasteiger partial charge on any atom is -0.497 e. The summed E-state index contributed by atoms with van der Waals surface area (Å²) in [6, 6.07) is 13.1. The predicted octanol–water partition coefficient (Wildman–Crippen LogP) is 4.27. The number of nitrogens with one attached hydrogen (secondary N) is 1. The lowest BCUT2D eigenvalue weighted by atomic mass is 10.1. The average Bonchev–Trinajstić information content (AvgIpc) is 2.43. The number of anilines is 2. The van der Waals surface area contributed by atoms with Crippen LogP contribution in [0.4, 0.5) is 11.4 Å². The summed E-state index contributed by atoms with van der Waals surface area (Å²) in [6.07, 6.45) is 0. The van der Waals surface area contributed by atoms with Crippen molar-refractivity contribution < 1.29 is 4.74 Å². The predicted molar refractivity (Wildman–Crippen MR) is 77.2 cm³/mol. The van der Waals surface area contributed by atoms with Gasteiger partial charge in [-0.25, -0.2) is 0 Å². The zero-order chi connectivity index (χ0) is 13.8. The molecule has 0 atom stereocenters. The minimum atomic E-state index is 0.574. The van der Waals surface area contributed by atoms with Gasteiger partial charge in [0.05, 0.1) is 29.1 Å². The molecule has 0 radical (unpaired) electrons. The smallest absolute Gasteiger partial charge is 0.121 e. The SMILES string of the molecule is COc1ccc(Cl)c(Nc2ccc(C)cc2C#N)c1. The largest absolute Gasteiger partial charge is 0.497 e. The van der Waals surface area contributed by atoms with Gasteiger partial charge in [-0.1, -0.05) is 17.7 Å². The normalized spacial score (nSPS) is 9.79. The van der Waals surface area contributed by atoms with Crippen LogP contribution < -0.4 is 10.1 Å². The van der Waals surface area contributed by atoms with Gasteiger partial charge in [0, 0.05) is 6.07 Å². The number of hydrogen-bond acceptors (Lipinski definition) is 3. The van der Waals surface area contributed by atoms with Gasteiger partial charge in [0.25, 0.3) is 0 Å². The Kier molecular flexibility index (Phi) is 3.94. The third-order valence-electron chi connectivity index (χ3n) is 2.74. The van der Waals surface area contributed by atoms with E-state index in [9.17, 15) is 0 Å². The monoisotopic (exact) mass is 272 g/mol. The highest BCUT2D eigenvalue weighted by molar-refractivity contribution is 6.33. The van der Waals surface area contributed by atoms with E-state index in [1.165, 1.54) is 0 Å². The van der Waals surface area contributed by atoms with Gasteiger partial charge in [-0.3, -0.25) is 0 Å². The summed E-state index contributed by atoms with van der Waals surface area (Å²) in [5, 5.41) is 12.9. The minimum absolute atomic E-state index is 0.574. The number of nitriles is 1. The number of ether oxygens (including phenoxy) is 1. The second-order valence-corrected chi connectivity index (χ2v) is 4.54. The summed E-state index contributed by atoms with van der Waals surface area (Å²) >= 11 is 6.13. The lowest BCUT2D eigenvalue weighted by Crippen LogP contribution is -1.95. The molecular weight excluding hydrogens is 260 g/mol. The van der Waals surface area contributed by atoms with E-state index < -0.39 is 0 Å². The van der Waals surface area contributed by atoms with E-state index >= 15 is 0 Å². The second kappa shape index (κ2) is 5.64. The van der Waals surface area contributed by atoms with E-state index in [0.717, 1.165) is 11.3 Å². The van der Waals surface area contributed by atoms with Crippen LogP contribution in [0.3, 0.4) is 0 Å². The van der Waals surface area contributed by atoms with Gasteiger partial charge in [-0.05, 0) is 36.8 Å². The lowest BCUT2D eigenvalue weighted by Gasteiger charge is -2.11. The Morgan fingerprint density at radius 2 is 1.95 bits per heavy atom. The molecular formula is C15H13ClN2O. The van der Waals surface area contributed by atoms with Crippen molar-refractivity contribution in [3.63, 3.8) is 0 Å². The number of benzene rings is 2. The molecule has 2 aromatic rings. The quantitative estimate of drug-likeness (QED) is 0.907. The van der Waals surface area contributed by atoms with Gasteiger partial charge in [-0.2, -0.15) is 5.26 Å². The maximum absolute atomic E-state index is 9.14. The van der Waals surface area contributed by atoms with E-state index in [1.54, 1.807) is 25.3 Å². The fourth-order valence-electron chi connectivity index (χ4n) is 1.73. The van der Waals surface area contributed by atoms with Crippen molar-refractivity contribution in [1.82, 2.24) is 0 Å².